The molecule has 0 bridgehead atoms. The van der Waals surface area contributed by atoms with Gasteiger partial charge in [0.25, 0.3) is 5.69 Å². The quantitative estimate of drug-likeness (QED) is 0.538. The molecule has 1 aromatic heterocycles. The Morgan fingerprint density at radius 3 is 2.90 bits per heavy atom. The topological polar surface area (TPSA) is 117 Å². The van der Waals surface area contributed by atoms with Crippen LogP contribution in [0, 0.1) is 17.0 Å². The fourth-order valence-electron chi connectivity index (χ4n) is 3.22. The highest BCUT2D eigenvalue weighted by Crippen LogP contribution is 2.25. The predicted molar refractivity (Wildman–Crippen MR) is 108 cm³/mol. The van der Waals surface area contributed by atoms with Gasteiger partial charge in [0.05, 0.1) is 30.4 Å². The molecule has 1 aliphatic heterocycles. The zero-order chi connectivity index (χ0) is 20.8. The summed E-state index contributed by atoms with van der Waals surface area (Å²) in [5.41, 5.74) is 2.12. The van der Waals surface area contributed by atoms with Crippen molar-refractivity contribution in [3.05, 3.63) is 45.9 Å². The van der Waals surface area contributed by atoms with E-state index in [1.165, 1.54) is 12.1 Å². The molecule has 2 heterocycles. The number of urea groups is 1. The molecule has 0 spiro atoms. The Morgan fingerprint density at radius 2 is 2.17 bits per heavy atom. The Kier molecular flexibility index (Phi) is 6.78. The minimum atomic E-state index is -0.429. The summed E-state index contributed by atoms with van der Waals surface area (Å²) in [6, 6.07) is 6.18. The van der Waals surface area contributed by atoms with Crippen LogP contribution in [0.25, 0.3) is 11.3 Å². The number of carbonyl (C=O) groups excluding carboxylic acids is 1. The number of aromatic nitrogens is 2. The summed E-state index contributed by atoms with van der Waals surface area (Å²) < 4.78 is 5.31. The number of nitrogens with zero attached hydrogens (tertiary/aromatic N) is 4. The van der Waals surface area contributed by atoms with E-state index in [-0.39, 0.29) is 11.7 Å². The number of nitrogens with one attached hydrogen (secondary N) is 2. The summed E-state index contributed by atoms with van der Waals surface area (Å²) in [4.78, 5) is 34.4. The van der Waals surface area contributed by atoms with Gasteiger partial charge >= 0.3 is 6.03 Å². The molecular formula is C19H26N6O4. The lowest BCUT2D eigenvalue weighted by Crippen LogP contribution is -2.44. The van der Waals surface area contributed by atoms with Gasteiger partial charge in [0.1, 0.15) is 5.82 Å². The maximum atomic E-state index is 12.3. The number of benzene rings is 1. The molecule has 1 aromatic carbocycles. The number of H-pyrrole nitrogens is 1. The highest BCUT2D eigenvalue weighted by molar-refractivity contribution is 5.73. The number of ether oxygens (including phenoxy) is 1. The number of aromatic amines is 1. The standard InChI is InChI=1S/C19H26N6O4/c1-14-18(15-4-3-5-16(12-15)25(27)28)22-17(21-14)13-23(2)19(26)20-6-7-24-8-10-29-11-9-24/h3-5,12H,6-11,13H2,1-2H3,(H,20,26)(H,21,22). The van der Waals surface area contributed by atoms with Crippen LogP contribution in [0.1, 0.15) is 11.5 Å². The van der Waals surface area contributed by atoms with Gasteiger partial charge in [0, 0.05) is 56.6 Å². The van der Waals surface area contributed by atoms with E-state index in [1.54, 1.807) is 24.1 Å². The zero-order valence-electron chi connectivity index (χ0n) is 16.7. The lowest BCUT2D eigenvalue weighted by atomic mass is 10.1. The highest BCUT2D eigenvalue weighted by atomic mass is 16.6. The molecule has 3 rings (SSSR count). The van der Waals surface area contributed by atoms with Gasteiger partial charge in [-0.25, -0.2) is 9.78 Å². The van der Waals surface area contributed by atoms with E-state index in [0.717, 1.165) is 38.5 Å². The molecule has 1 saturated heterocycles. The van der Waals surface area contributed by atoms with E-state index in [0.29, 0.717) is 30.2 Å². The Labute approximate surface area is 169 Å². The van der Waals surface area contributed by atoms with E-state index in [4.69, 9.17) is 4.74 Å². The first kappa shape index (κ1) is 20.7. The Morgan fingerprint density at radius 1 is 1.41 bits per heavy atom. The van der Waals surface area contributed by atoms with Gasteiger partial charge in [0.15, 0.2) is 0 Å². The van der Waals surface area contributed by atoms with Crippen molar-refractivity contribution in [3.63, 3.8) is 0 Å². The van der Waals surface area contributed by atoms with Gasteiger partial charge in [-0.15, -0.1) is 0 Å². The molecule has 0 saturated carbocycles. The predicted octanol–water partition coefficient (Wildman–Crippen LogP) is 1.77. The van der Waals surface area contributed by atoms with Gasteiger partial charge in [-0.2, -0.15) is 0 Å². The number of carbonyl (C=O) groups is 1. The van der Waals surface area contributed by atoms with Crippen molar-refractivity contribution in [3.8, 4) is 11.3 Å². The second kappa shape index (κ2) is 9.48. The second-order valence-electron chi connectivity index (χ2n) is 7.01. The third-order valence-corrected chi connectivity index (χ3v) is 4.81. The average molecular weight is 402 g/mol. The molecule has 0 radical (unpaired) electrons. The molecule has 2 N–H and O–H groups in total. The molecular weight excluding hydrogens is 376 g/mol. The van der Waals surface area contributed by atoms with Gasteiger partial charge in [-0.05, 0) is 6.92 Å². The van der Waals surface area contributed by atoms with Crippen molar-refractivity contribution in [1.29, 1.82) is 0 Å². The fraction of sp³-hybridized carbons (Fsp3) is 0.474. The number of aryl methyl sites for hydroxylation is 1. The van der Waals surface area contributed by atoms with E-state index < -0.39 is 4.92 Å². The summed E-state index contributed by atoms with van der Waals surface area (Å²) >= 11 is 0. The van der Waals surface area contributed by atoms with Crippen molar-refractivity contribution in [2.75, 3.05) is 46.4 Å². The molecule has 29 heavy (non-hydrogen) atoms. The monoisotopic (exact) mass is 402 g/mol. The van der Waals surface area contributed by atoms with Crippen molar-refractivity contribution in [1.82, 2.24) is 25.1 Å². The van der Waals surface area contributed by atoms with Crippen molar-refractivity contribution in [2.45, 2.75) is 13.5 Å². The molecule has 156 valence electrons. The van der Waals surface area contributed by atoms with Crippen LogP contribution in [0.15, 0.2) is 24.3 Å². The van der Waals surface area contributed by atoms with E-state index in [1.807, 2.05) is 6.92 Å². The Balaban J connectivity index is 1.56. The van der Waals surface area contributed by atoms with Gasteiger partial charge in [-0.1, -0.05) is 12.1 Å². The maximum Gasteiger partial charge on any atom is 0.317 e. The van der Waals surface area contributed by atoms with E-state index in [2.05, 4.69) is 20.2 Å². The Hall–Kier alpha value is -2.98. The molecule has 2 amide bonds. The largest absolute Gasteiger partial charge is 0.379 e. The highest BCUT2D eigenvalue weighted by Gasteiger charge is 2.16. The lowest BCUT2D eigenvalue weighted by molar-refractivity contribution is -0.384. The molecule has 1 fully saturated rings. The lowest BCUT2D eigenvalue weighted by Gasteiger charge is -2.27. The van der Waals surface area contributed by atoms with Crippen molar-refractivity contribution >= 4 is 11.7 Å². The average Bonchev–Trinajstić information content (AvgIpc) is 3.08. The summed E-state index contributed by atoms with van der Waals surface area (Å²) in [5.74, 6) is 0.620. The molecule has 10 nitrogen and oxygen atoms in total. The third-order valence-electron chi connectivity index (χ3n) is 4.81. The number of hydrogen-bond donors (Lipinski definition) is 2. The first-order chi connectivity index (χ1) is 13.9. The molecule has 2 aromatic rings. The van der Waals surface area contributed by atoms with Crippen LogP contribution in [-0.2, 0) is 11.3 Å². The minimum absolute atomic E-state index is 0.0169. The molecule has 0 aliphatic carbocycles. The van der Waals surface area contributed by atoms with Crippen LogP contribution in [0.5, 0.6) is 0 Å². The first-order valence-electron chi connectivity index (χ1n) is 9.53. The van der Waals surface area contributed by atoms with Crippen LogP contribution in [0.4, 0.5) is 10.5 Å². The van der Waals surface area contributed by atoms with Gasteiger partial charge in [-0.3, -0.25) is 15.0 Å². The van der Waals surface area contributed by atoms with Crippen LogP contribution in [0.2, 0.25) is 0 Å². The number of rotatable bonds is 7. The number of non-ortho nitro benzene ring substituents is 1. The van der Waals surface area contributed by atoms with E-state index >= 15 is 0 Å². The molecule has 0 unspecified atom stereocenters. The van der Waals surface area contributed by atoms with E-state index in [9.17, 15) is 14.9 Å². The maximum absolute atomic E-state index is 12.3. The number of nitro benzene ring substituents is 1. The number of nitro groups is 1. The number of imidazole rings is 1. The number of morpholine rings is 1. The first-order valence-corrected chi connectivity index (χ1v) is 9.53. The minimum Gasteiger partial charge on any atom is -0.379 e. The molecule has 0 atom stereocenters. The van der Waals surface area contributed by atoms with Gasteiger partial charge in [0.2, 0.25) is 0 Å². The summed E-state index contributed by atoms with van der Waals surface area (Å²) in [6.07, 6.45) is 0. The van der Waals surface area contributed by atoms with Crippen molar-refractivity contribution in [2.24, 2.45) is 0 Å². The number of hydrogen-bond acceptors (Lipinski definition) is 6. The van der Waals surface area contributed by atoms with Crippen LogP contribution in [0.3, 0.4) is 0 Å². The second-order valence-corrected chi connectivity index (χ2v) is 7.01. The van der Waals surface area contributed by atoms with Crippen LogP contribution in [-0.4, -0.2) is 77.2 Å². The third kappa shape index (κ3) is 5.52. The molecule has 10 heteroatoms. The van der Waals surface area contributed by atoms with Crippen LogP contribution < -0.4 is 5.32 Å². The van der Waals surface area contributed by atoms with Crippen molar-refractivity contribution < 1.29 is 14.5 Å². The Bertz CT molecular complexity index is 862. The zero-order valence-corrected chi connectivity index (χ0v) is 16.7. The fourth-order valence-corrected chi connectivity index (χ4v) is 3.22. The smallest absolute Gasteiger partial charge is 0.317 e. The normalized spacial score (nSPS) is 14.6. The summed E-state index contributed by atoms with van der Waals surface area (Å²) in [6.45, 7) is 6.76. The SMILES string of the molecule is Cc1[nH]c(CN(C)C(=O)NCCN2CCOCC2)nc1-c1cccc([N+](=O)[O-])c1. The summed E-state index contributed by atoms with van der Waals surface area (Å²) in [7, 11) is 1.70. The van der Waals surface area contributed by atoms with Gasteiger partial charge < -0.3 is 19.9 Å². The van der Waals surface area contributed by atoms with Crippen LogP contribution >= 0.6 is 0 Å². The number of amides is 2. The molecule has 1 aliphatic rings. The summed E-state index contributed by atoms with van der Waals surface area (Å²) in [5, 5.41) is 13.9.